The second-order valence-corrected chi connectivity index (χ2v) is 7.69. The molecule has 0 radical (unpaired) electrons. The SMILES string of the molecule is CCCCCCNC(=NCC(C)(C)NS(C)(=O)=O)NCC. The van der Waals surface area contributed by atoms with Crippen molar-refractivity contribution in [2.24, 2.45) is 4.99 Å². The number of rotatable bonds is 10. The first kappa shape index (κ1) is 20.2. The third-order valence-corrected chi connectivity index (χ3v) is 3.68. The zero-order valence-electron chi connectivity index (χ0n) is 14.1. The zero-order valence-corrected chi connectivity index (χ0v) is 14.9. The van der Waals surface area contributed by atoms with Crippen LogP contribution in [0.4, 0.5) is 0 Å². The van der Waals surface area contributed by atoms with E-state index >= 15 is 0 Å². The van der Waals surface area contributed by atoms with Gasteiger partial charge in [0.2, 0.25) is 10.0 Å². The Morgan fingerprint density at radius 1 is 1.10 bits per heavy atom. The van der Waals surface area contributed by atoms with E-state index in [9.17, 15) is 8.42 Å². The van der Waals surface area contributed by atoms with E-state index in [2.05, 4.69) is 27.3 Å². The van der Waals surface area contributed by atoms with E-state index < -0.39 is 15.6 Å². The second-order valence-electron chi connectivity index (χ2n) is 5.94. The van der Waals surface area contributed by atoms with Gasteiger partial charge in [-0.1, -0.05) is 26.2 Å². The van der Waals surface area contributed by atoms with Crippen LogP contribution in [-0.4, -0.2) is 45.8 Å². The molecule has 21 heavy (non-hydrogen) atoms. The highest BCUT2D eigenvalue weighted by Crippen LogP contribution is 2.04. The molecule has 0 fully saturated rings. The summed E-state index contributed by atoms with van der Waals surface area (Å²) in [6.45, 7) is 9.88. The first-order valence-electron chi connectivity index (χ1n) is 7.71. The summed E-state index contributed by atoms with van der Waals surface area (Å²) in [6, 6.07) is 0. The van der Waals surface area contributed by atoms with Crippen LogP contribution in [0.25, 0.3) is 0 Å². The van der Waals surface area contributed by atoms with Crippen molar-refractivity contribution in [1.82, 2.24) is 15.4 Å². The van der Waals surface area contributed by atoms with E-state index in [1.807, 2.05) is 20.8 Å². The molecule has 6 nitrogen and oxygen atoms in total. The molecule has 0 aliphatic rings. The van der Waals surface area contributed by atoms with E-state index in [4.69, 9.17) is 0 Å². The molecule has 0 aromatic rings. The Labute approximate surface area is 130 Å². The van der Waals surface area contributed by atoms with E-state index in [1.54, 1.807) is 0 Å². The van der Waals surface area contributed by atoms with Crippen LogP contribution in [-0.2, 0) is 10.0 Å². The van der Waals surface area contributed by atoms with Crippen molar-refractivity contribution in [3.63, 3.8) is 0 Å². The molecular weight excluding hydrogens is 288 g/mol. The third kappa shape index (κ3) is 12.6. The monoisotopic (exact) mass is 320 g/mol. The van der Waals surface area contributed by atoms with Gasteiger partial charge in [0.05, 0.1) is 12.8 Å². The van der Waals surface area contributed by atoms with Crippen LogP contribution in [0.3, 0.4) is 0 Å². The molecule has 0 aromatic carbocycles. The molecule has 126 valence electrons. The highest BCUT2D eigenvalue weighted by atomic mass is 32.2. The van der Waals surface area contributed by atoms with Crippen LogP contribution in [0.2, 0.25) is 0 Å². The molecule has 0 heterocycles. The van der Waals surface area contributed by atoms with Gasteiger partial charge in [-0.25, -0.2) is 13.1 Å². The first-order valence-corrected chi connectivity index (χ1v) is 9.60. The lowest BCUT2D eigenvalue weighted by atomic mass is 10.1. The third-order valence-electron chi connectivity index (χ3n) is 2.76. The molecule has 0 amide bonds. The summed E-state index contributed by atoms with van der Waals surface area (Å²) in [5, 5.41) is 6.45. The smallest absolute Gasteiger partial charge is 0.209 e. The summed E-state index contributed by atoms with van der Waals surface area (Å²) in [4.78, 5) is 4.45. The summed E-state index contributed by atoms with van der Waals surface area (Å²) < 4.78 is 25.2. The van der Waals surface area contributed by atoms with Gasteiger partial charge < -0.3 is 10.6 Å². The van der Waals surface area contributed by atoms with Crippen molar-refractivity contribution in [3.05, 3.63) is 0 Å². The average molecular weight is 321 g/mol. The first-order chi connectivity index (χ1) is 9.70. The molecular formula is C14H32N4O2S. The Balaban J connectivity index is 4.37. The number of unbranched alkanes of at least 4 members (excludes halogenated alkanes) is 3. The molecule has 0 saturated heterocycles. The minimum absolute atomic E-state index is 0.379. The van der Waals surface area contributed by atoms with Crippen molar-refractivity contribution in [1.29, 1.82) is 0 Å². The minimum Gasteiger partial charge on any atom is -0.357 e. The minimum atomic E-state index is -3.23. The molecule has 0 unspecified atom stereocenters. The Bertz CT molecular complexity index is 405. The van der Waals surface area contributed by atoms with Gasteiger partial charge in [0.1, 0.15) is 0 Å². The molecule has 0 aromatic heterocycles. The van der Waals surface area contributed by atoms with E-state index in [0.29, 0.717) is 6.54 Å². The van der Waals surface area contributed by atoms with Crippen LogP contribution in [0.1, 0.15) is 53.4 Å². The highest BCUT2D eigenvalue weighted by Gasteiger charge is 2.21. The van der Waals surface area contributed by atoms with Gasteiger partial charge in [-0.3, -0.25) is 4.99 Å². The lowest BCUT2D eigenvalue weighted by Gasteiger charge is -2.23. The molecule has 7 heteroatoms. The van der Waals surface area contributed by atoms with Gasteiger partial charge in [-0.15, -0.1) is 0 Å². The van der Waals surface area contributed by atoms with Crippen LogP contribution in [0.5, 0.6) is 0 Å². The standard InChI is InChI=1S/C14H32N4O2S/c1-6-8-9-10-11-16-13(15-7-2)17-12-14(3,4)18-21(5,19)20/h18H,6-12H2,1-5H3,(H2,15,16,17). The molecule has 0 aliphatic heterocycles. The van der Waals surface area contributed by atoms with Crippen molar-refractivity contribution < 1.29 is 8.42 Å². The molecule has 0 rings (SSSR count). The average Bonchev–Trinajstić information content (AvgIpc) is 2.32. The second kappa shape index (κ2) is 10.00. The fraction of sp³-hybridized carbons (Fsp3) is 0.929. The summed E-state index contributed by atoms with van der Waals surface area (Å²) in [5.41, 5.74) is -0.599. The Morgan fingerprint density at radius 2 is 1.76 bits per heavy atom. The van der Waals surface area contributed by atoms with Crippen molar-refractivity contribution in [2.45, 2.75) is 58.9 Å². The molecule has 0 spiro atoms. The fourth-order valence-corrected chi connectivity index (χ4v) is 2.98. The maximum absolute atomic E-state index is 11.3. The normalized spacial score (nSPS) is 13.3. The number of nitrogens with one attached hydrogen (secondary N) is 3. The van der Waals surface area contributed by atoms with Gasteiger partial charge in [0.25, 0.3) is 0 Å². The Kier molecular flexibility index (Phi) is 9.61. The number of guanidine groups is 1. The lowest BCUT2D eigenvalue weighted by Crippen LogP contribution is -2.46. The van der Waals surface area contributed by atoms with E-state index in [-0.39, 0.29) is 0 Å². The molecule has 0 saturated carbocycles. The number of hydrogen-bond donors (Lipinski definition) is 3. The number of aliphatic imine (C=N–C) groups is 1. The highest BCUT2D eigenvalue weighted by molar-refractivity contribution is 7.88. The Hall–Kier alpha value is -0.820. The van der Waals surface area contributed by atoms with E-state index in [1.165, 1.54) is 19.3 Å². The predicted molar refractivity (Wildman–Crippen MR) is 90.2 cm³/mol. The van der Waals surface area contributed by atoms with Gasteiger partial charge in [-0.05, 0) is 27.2 Å². The molecule has 0 aliphatic carbocycles. The summed E-state index contributed by atoms with van der Waals surface area (Å²) >= 11 is 0. The summed E-state index contributed by atoms with van der Waals surface area (Å²) in [5.74, 6) is 0.734. The lowest BCUT2D eigenvalue weighted by molar-refractivity contribution is 0.464. The maximum atomic E-state index is 11.3. The van der Waals surface area contributed by atoms with Gasteiger partial charge in [0.15, 0.2) is 5.96 Å². The largest absolute Gasteiger partial charge is 0.357 e. The number of nitrogens with zero attached hydrogens (tertiary/aromatic N) is 1. The van der Waals surface area contributed by atoms with Crippen LogP contribution in [0.15, 0.2) is 4.99 Å². The van der Waals surface area contributed by atoms with Crippen LogP contribution < -0.4 is 15.4 Å². The van der Waals surface area contributed by atoms with Crippen LogP contribution in [0, 0.1) is 0 Å². The summed E-state index contributed by atoms with van der Waals surface area (Å²) in [7, 11) is -3.23. The predicted octanol–water partition coefficient (Wildman–Crippen LogP) is 1.45. The maximum Gasteiger partial charge on any atom is 0.209 e. The molecule has 0 atom stereocenters. The van der Waals surface area contributed by atoms with Gasteiger partial charge >= 0.3 is 0 Å². The zero-order chi connectivity index (χ0) is 16.4. The number of sulfonamides is 1. The van der Waals surface area contributed by atoms with Gasteiger partial charge in [0, 0.05) is 18.6 Å². The quantitative estimate of drug-likeness (QED) is 0.323. The van der Waals surface area contributed by atoms with Crippen molar-refractivity contribution in [3.8, 4) is 0 Å². The number of hydrogen-bond acceptors (Lipinski definition) is 3. The van der Waals surface area contributed by atoms with E-state index in [0.717, 1.165) is 31.7 Å². The fourth-order valence-electron chi connectivity index (χ4n) is 1.91. The topological polar surface area (TPSA) is 82.6 Å². The van der Waals surface area contributed by atoms with Crippen LogP contribution >= 0.6 is 0 Å². The van der Waals surface area contributed by atoms with Crippen molar-refractivity contribution in [2.75, 3.05) is 25.9 Å². The van der Waals surface area contributed by atoms with Gasteiger partial charge in [-0.2, -0.15) is 0 Å². The molecule has 3 N–H and O–H groups in total. The Morgan fingerprint density at radius 3 is 2.29 bits per heavy atom. The summed E-state index contributed by atoms with van der Waals surface area (Å²) in [6.07, 6.45) is 5.96. The molecule has 0 bridgehead atoms. The van der Waals surface area contributed by atoms with Crippen molar-refractivity contribution >= 4 is 16.0 Å².